The Labute approximate surface area is 352 Å². The fraction of sp³-hybridized carbons (Fsp3) is 0.0182. The van der Waals surface area contributed by atoms with Crippen LogP contribution >= 0.6 is 11.8 Å². The van der Waals surface area contributed by atoms with Crippen LogP contribution in [0.4, 0.5) is 0 Å². The van der Waals surface area contributed by atoms with Gasteiger partial charge in [0, 0.05) is 44.4 Å². The molecule has 0 N–H and O–H groups in total. The van der Waals surface area contributed by atoms with E-state index in [1.54, 1.807) is 0 Å². The molecule has 2 aliphatic rings. The summed E-state index contributed by atoms with van der Waals surface area (Å²) in [4.78, 5) is 22.8. The lowest BCUT2D eigenvalue weighted by molar-refractivity contribution is 0.711. The first-order valence-corrected chi connectivity index (χ1v) is 21.0. The van der Waals surface area contributed by atoms with Crippen molar-refractivity contribution < 1.29 is 0 Å². The molecule has 280 valence electrons. The van der Waals surface area contributed by atoms with E-state index in [2.05, 4.69) is 152 Å². The molecule has 1 spiro atoms. The summed E-state index contributed by atoms with van der Waals surface area (Å²) in [7, 11) is 0. The van der Waals surface area contributed by atoms with Gasteiger partial charge >= 0.3 is 0 Å². The van der Waals surface area contributed by atoms with E-state index in [1.165, 1.54) is 65.1 Å². The van der Waals surface area contributed by atoms with E-state index >= 15 is 0 Å². The van der Waals surface area contributed by atoms with Crippen LogP contribution in [0.15, 0.2) is 216 Å². The van der Waals surface area contributed by atoms with Gasteiger partial charge in [-0.25, -0.2) is 19.9 Å². The predicted octanol–water partition coefficient (Wildman–Crippen LogP) is 13.6. The molecule has 4 nitrogen and oxygen atoms in total. The maximum absolute atomic E-state index is 5.33. The highest BCUT2D eigenvalue weighted by Crippen LogP contribution is 2.62. The van der Waals surface area contributed by atoms with Gasteiger partial charge in [-0.2, -0.15) is 0 Å². The van der Waals surface area contributed by atoms with Crippen LogP contribution in [0.1, 0.15) is 22.3 Å². The minimum absolute atomic E-state index is 0.638. The summed E-state index contributed by atoms with van der Waals surface area (Å²) < 4.78 is 0. The van der Waals surface area contributed by atoms with Crippen molar-refractivity contribution in [2.45, 2.75) is 15.2 Å². The summed E-state index contributed by atoms with van der Waals surface area (Å²) in [6.07, 6.45) is 3.74. The van der Waals surface area contributed by atoms with Crippen molar-refractivity contribution in [1.29, 1.82) is 0 Å². The standard InChI is InChI=1S/C55H34N4S/c1-3-16-36(17-4-1)49-32-50(39-33-56-53(57-34-39)37-18-5-2-6-19-37)59-54(58-49)38-27-29-44-42-22-10-9-21-41(42)43-23-11-12-24-45(43)55(48(44)31-38)46-25-13-14-26-51(46)60-52-40-20-8-7-15-35(40)28-30-47(52)55/h1-34H. The summed E-state index contributed by atoms with van der Waals surface area (Å²) in [5, 5.41) is 2.49. The van der Waals surface area contributed by atoms with Crippen LogP contribution in [0.25, 0.3) is 78.3 Å². The van der Waals surface area contributed by atoms with Crippen molar-refractivity contribution in [3.8, 4) is 67.5 Å². The largest absolute Gasteiger partial charge is 0.236 e. The van der Waals surface area contributed by atoms with Gasteiger partial charge in [-0.15, -0.1) is 0 Å². The Morgan fingerprint density at radius 1 is 0.367 bits per heavy atom. The Bertz CT molecular complexity index is 3290. The smallest absolute Gasteiger partial charge is 0.160 e. The molecule has 1 unspecified atom stereocenters. The second-order valence-corrected chi connectivity index (χ2v) is 16.4. The lowest BCUT2D eigenvalue weighted by Gasteiger charge is -2.43. The fourth-order valence-electron chi connectivity index (χ4n) is 9.40. The number of hydrogen-bond donors (Lipinski definition) is 0. The van der Waals surface area contributed by atoms with Gasteiger partial charge in [0.25, 0.3) is 0 Å². The molecule has 1 atom stereocenters. The lowest BCUT2D eigenvalue weighted by Crippen LogP contribution is -2.34. The predicted molar refractivity (Wildman–Crippen MR) is 244 cm³/mol. The maximum atomic E-state index is 5.33. The first-order chi connectivity index (χ1) is 29.7. The third kappa shape index (κ3) is 5.33. The number of hydrogen-bond acceptors (Lipinski definition) is 5. The molecule has 2 aromatic heterocycles. The van der Waals surface area contributed by atoms with Crippen LogP contribution < -0.4 is 0 Å². The van der Waals surface area contributed by atoms with Crippen molar-refractivity contribution in [2.75, 3.05) is 0 Å². The van der Waals surface area contributed by atoms with Crippen molar-refractivity contribution >= 4 is 22.5 Å². The molecule has 10 aromatic rings. The minimum Gasteiger partial charge on any atom is -0.236 e. The molecule has 5 heteroatoms. The number of rotatable bonds is 4. The summed E-state index contributed by atoms with van der Waals surface area (Å²) >= 11 is 1.88. The summed E-state index contributed by atoms with van der Waals surface area (Å²) in [5.41, 5.74) is 14.5. The van der Waals surface area contributed by atoms with Crippen molar-refractivity contribution in [2.24, 2.45) is 0 Å². The minimum atomic E-state index is -0.677. The molecule has 12 rings (SSSR count). The summed E-state index contributed by atoms with van der Waals surface area (Å²) in [6, 6.07) is 69.7. The fourth-order valence-corrected chi connectivity index (χ4v) is 10.7. The van der Waals surface area contributed by atoms with Gasteiger partial charge in [-0.1, -0.05) is 188 Å². The van der Waals surface area contributed by atoms with E-state index in [0.29, 0.717) is 11.6 Å². The van der Waals surface area contributed by atoms with Crippen molar-refractivity contribution in [3.63, 3.8) is 0 Å². The molecule has 0 radical (unpaired) electrons. The average molecular weight is 783 g/mol. The van der Waals surface area contributed by atoms with Crippen molar-refractivity contribution in [3.05, 3.63) is 229 Å². The molecular formula is C55H34N4S. The molecule has 0 saturated heterocycles. The second-order valence-electron chi connectivity index (χ2n) is 15.4. The van der Waals surface area contributed by atoms with Gasteiger partial charge in [0.15, 0.2) is 11.6 Å². The molecule has 1 aliphatic heterocycles. The quantitative estimate of drug-likeness (QED) is 0.178. The van der Waals surface area contributed by atoms with Gasteiger partial charge in [0.05, 0.1) is 16.8 Å². The number of fused-ring (bicyclic) bond motifs is 13. The Balaban J connectivity index is 1.15. The maximum Gasteiger partial charge on any atom is 0.160 e. The van der Waals surface area contributed by atoms with Crippen LogP contribution in [-0.4, -0.2) is 19.9 Å². The van der Waals surface area contributed by atoms with Gasteiger partial charge in [-0.05, 0) is 73.5 Å². The van der Waals surface area contributed by atoms with Crippen molar-refractivity contribution in [1.82, 2.24) is 19.9 Å². The van der Waals surface area contributed by atoms with Gasteiger partial charge in [-0.3, -0.25) is 0 Å². The highest BCUT2D eigenvalue weighted by atomic mass is 32.2. The number of aromatic nitrogens is 4. The van der Waals surface area contributed by atoms with E-state index in [0.717, 1.165) is 33.6 Å². The van der Waals surface area contributed by atoms with E-state index in [-0.39, 0.29) is 0 Å². The van der Waals surface area contributed by atoms with E-state index in [4.69, 9.17) is 19.9 Å². The molecule has 1 aliphatic carbocycles. The number of benzene rings is 8. The van der Waals surface area contributed by atoms with E-state index in [9.17, 15) is 0 Å². The Kier molecular flexibility index (Phi) is 7.97. The average Bonchev–Trinajstić information content (AvgIpc) is 3.43. The van der Waals surface area contributed by atoms with Gasteiger partial charge < -0.3 is 0 Å². The Hall–Kier alpha value is -7.47. The first kappa shape index (κ1) is 34.6. The molecule has 60 heavy (non-hydrogen) atoms. The van der Waals surface area contributed by atoms with Crippen LogP contribution in [-0.2, 0) is 5.41 Å². The van der Waals surface area contributed by atoms with Crippen LogP contribution in [0, 0.1) is 0 Å². The third-order valence-corrected chi connectivity index (χ3v) is 13.3. The van der Waals surface area contributed by atoms with E-state index in [1.807, 2.05) is 66.6 Å². The zero-order valence-electron chi connectivity index (χ0n) is 32.3. The molecule has 3 heterocycles. The summed E-state index contributed by atoms with van der Waals surface area (Å²) in [5.74, 6) is 1.31. The second kappa shape index (κ2) is 13.8. The Morgan fingerprint density at radius 2 is 0.967 bits per heavy atom. The normalized spacial score (nSPS) is 14.7. The molecular weight excluding hydrogens is 749 g/mol. The first-order valence-electron chi connectivity index (χ1n) is 20.2. The zero-order valence-corrected chi connectivity index (χ0v) is 33.1. The SMILES string of the molecule is c1ccc(-c2cc(-c3cnc(-c4ccccc4)nc3)nc(-c3ccc4c(c3)C3(c5ccccc5Sc5c3ccc3ccccc53)c3ccccc3-c3ccccc3-4)n2)cc1. The lowest BCUT2D eigenvalue weighted by atomic mass is 9.62. The van der Waals surface area contributed by atoms with Crippen LogP contribution in [0.5, 0.6) is 0 Å². The van der Waals surface area contributed by atoms with Gasteiger partial charge in [0.1, 0.15) is 0 Å². The van der Waals surface area contributed by atoms with Crippen LogP contribution in [0.2, 0.25) is 0 Å². The monoisotopic (exact) mass is 782 g/mol. The molecule has 0 saturated carbocycles. The molecule has 0 amide bonds. The molecule has 8 aromatic carbocycles. The third-order valence-electron chi connectivity index (χ3n) is 12.1. The van der Waals surface area contributed by atoms with Crippen LogP contribution in [0.3, 0.4) is 0 Å². The topological polar surface area (TPSA) is 51.6 Å². The highest BCUT2D eigenvalue weighted by Gasteiger charge is 2.48. The highest BCUT2D eigenvalue weighted by molar-refractivity contribution is 7.99. The summed E-state index contributed by atoms with van der Waals surface area (Å²) in [6.45, 7) is 0. The zero-order chi connectivity index (χ0) is 39.6. The Morgan fingerprint density at radius 3 is 1.73 bits per heavy atom. The van der Waals surface area contributed by atoms with E-state index < -0.39 is 5.41 Å². The number of nitrogens with zero attached hydrogens (tertiary/aromatic N) is 4. The van der Waals surface area contributed by atoms with Gasteiger partial charge in [0.2, 0.25) is 0 Å². The molecule has 0 fully saturated rings. The molecule has 0 bridgehead atoms.